The molecule has 2 nitrogen and oxygen atoms in total. The van der Waals surface area contributed by atoms with Gasteiger partial charge in [-0.1, -0.05) is 19.8 Å². The van der Waals surface area contributed by atoms with E-state index in [1.165, 1.54) is 12.8 Å². The third-order valence-electron chi connectivity index (χ3n) is 3.51. The maximum absolute atomic E-state index is 12.2. The summed E-state index contributed by atoms with van der Waals surface area (Å²) in [5.74, 6) is 0.347. The minimum atomic E-state index is -0.0885. The molecular weight excluding hydrogens is 266 g/mol. The summed E-state index contributed by atoms with van der Waals surface area (Å²) in [5.41, 5.74) is 0.788. The fourth-order valence-electron chi connectivity index (χ4n) is 2.32. The first-order valence-corrected chi connectivity index (χ1v) is 6.53. The van der Waals surface area contributed by atoms with Gasteiger partial charge in [0.05, 0.1) is 0 Å². The van der Waals surface area contributed by atoms with Gasteiger partial charge in [-0.2, -0.15) is 0 Å². The normalized spacial score (nSPS) is 18.6. The van der Waals surface area contributed by atoms with Crippen LogP contribution in [-0.2, 0) is 11.2 Å². The molecule has 0 amide bonds. The van der Waals surface area contributed by atoms with E-state index in [-0.39, 0.29) is 5.41 Å². The van der Waals surface area contributed by atoms with Crippen LogP contribution in [0.2, 0.25) is 0 Å². The molecule has 86 valence electrons. The van der Waals surface area contributed by atoms with Crippen molar-refractivity contribution in [3.05, 3.63) is 28.5 Å². The second-order valence-electron chi connectivity index (χ2n) is 4.84. The number of hydrogen-bond acceptors (Lipinski definition) is 2. The first kappa shape index (κ1) is 11.8. The minimum Gasteiger partial charge on any atom is -0.299 e. The van der Waals surface area contributed by atoms with Crippen LogP contribution in [0.3, 0.4) is 0 Å². The van der Waals surface area contributed by atoms with Gasteiger partial charge in [0, 0.05) is 28.2 Å². The molecule has 1 aliphatic carbocycles. The molecule has 1 saturated carbocycles. The van der Waals surface area contributed by atoms with Gasteiger partial charge in [-0.3, -0.25) is 9.78 Å². The van der Waals surface area contributed by atoms with Gasteiger partial charge in [-0.15, -0.1) is 0 Å². The fourth-order valence-corrected chi connectivity index (χ4v) is 2.56. The van der Waals surface area contributed by atoms with E-state index >= 15 is 0 Å². The van der Waals surface area contributed by atoms with Crippen molar-refractivity contribution in [1.29, 1.82) is 0 Å². The van der Waals surface area contributed by atoms with E-state index in [4.69, 9.17) is 0 Å². The van der Waals surface area contributed by atoms with E-state index in [0.717, 1.165) is 23.0 Å². The molecule has 0 bridgehead atoms. The smallest absolute Gasteiger partial charge is 0.144 e. The van der Waals surface area contributed by atoms with Crippen molar-refractivity contribution >= 4 is 21.7 Å². The Bertz CT molecular complexity index is 379. The maximum atomic E-state index is 12.2. The molecule has 1 aromatic heterocycles. The first-order valence-electron chi connectivity index (χ1n) is 5.74. The highest BCUT2D eigenvalue weighted by atomic mass is 79.9. The highest BCUT2D eigenvalue weighted by molar-refractivity contribution is 9.10. The number of carbonyl (C=O) groups excluding carboxylic acids is 1. The summed E-state index contributed by atoms with van der Waals surface area (Å²) in [6.45, 7) is 2.10. The van der Waals surface area contributed by atoms with Crippen molar-refractivity contribution in [2.75, 3.05) is 0 Å². The topological polar surface area (TPSA) is 30.0 Å². The number of Topliss-reactive ketones (excluding diaryl/α,β-unsaturated/α-hetero) is 1. The maximum Gasteiger partial charge on any atom is 0.144 e. The highest BCUT2D eigenvalue weighted by Gasteiger charge is 2.35. The minimum absolute atomic E-state index is 0.0885. The Morgan fingerprint density at radius 2 is 2.12 bits per heavy atom. The molecule has 0 aromatic carbocycles. The van der Waals surface area contributed by atoms with Crippen molar-refractivity contribution in [1.82, 2.24) is 4.98 Å². The van der Waals surface area contributed by atoms with Gasteiger partial charge < -0.3 is 0 Å². The number of aromatic nitrogens is 1. The average molecular weight is 282 g/mol. The lowest BCUT2D eigenvalue weighted by Crippen LogP contribution is -2.26. The number of rotatable bonds is 3. The van der Waals surface area contributed by atoms with Crippen LogP contribution in [0, 0.1) is 5.41 Å². The summed E-state index contributed by atoms with van der Waals surface area (Å²) >= 11 is 3.34. The molecule has 0 radical (unpaired) electrons. The monoisotopic (exact) mass is 281 g/mol. The Labute approximate surface area is 105 Å². The van der Waals surface area contributed by atoms with Crippen molar-refractivity contribution in [3.8, 4) is 0 Å². The van der Waals surface area contributed by atoms with Crippen molar-refractivity contribution in [2.45, 2.75) is 39.0 Å². The first-order chi connectivity index (χ1) is 7.60. The molecule has 1 aromatic rings. The number of hydrogen-bond donors (Lipinski definition) is 0. The fraction of sp³-hybridized carbons (Fsp3) is 0.538. The lowest BCUT2D eigenvalue weighted by molar-refractivity contribution is -0.127. The Kier molecular flexibility index (Phi) is 3.43. The molecule has 0 atom stereocenters. The van der Waals surface area contributed by atoms with Gasteiger partial charge >= 0.3 is 0 Å². The van der Waals surface area contributed by atoms with E-state index in [1.807, 2.05) is 12.1 Å². The largest absolute Gasteiger partial charge is 0.299 e. The third-order valence-corrected chi connectivity index (χ3v) is 3.98. The summed E-state index contributed by atoms with van der Waals surface area (Å²) in [7, 11) is 0. The number of halogens is 1. The highest BCUT2D eigenvalue weighted by Crippen LogP contribution is 2.38. The van der Waals surface area contributed by atoms with E-state index < -0.39 is 0 Å². The van der Waals surface area contributed by atoms with Crippen LogP contribution in [0.5, 0.6) is 0 Å². The summed E-state index contributed by atoms with van der Waals surface area (Å²) < 4.78 is 0.954. The molecule has 0 N–H and O–H groups in total. The zero-order chi connectivity index (χ0) is 11.6. The van der Waals surface area contributed by atoms with Crippen molar-refractivity contribution in [3.63, 3.8) is 0 Å². The molecule has 16 heavy (non-hydrogen) atoms. The van der Waals surface area contributed by atoms with Crippen LogP contribution in [0.15, 0.2) is 22.8 Å². The molecule has 1 aliphatic rings. The van der Waals surface area contributed by atoms with Crippen LogP contribution in [0.4, 0.5) is 0 Å². The molecule has 1 heterocycles. The van der Waals surface area contributed by atoms with Crippen LogP contribution < -0.4 is 0 Å². The van der Waals surface area contributed by atoms with Crippen LogP contribution in [0.25, 0.3) is 0 Å². The lowest BCUT2D eigenvalue weighted by atomic mass is 9.82. The van der Waals surface area contributed by atoms with Crippen molar-refractivity contribution < 1.29 is 4.79 Å². The number of ketones is 1. The molecular formula is C13H16BrNO. The second kappa shape index (κ2) is 4.66. The SMILES string of the molecule is CC1(C(=O)Cc2ccc(Br)cn2)CCCC1. The average Bonchev–Trinajstić information content (AvgIpc) is 2.70. The predicted molar refractivity (Wildman–Crippen MR) is 67.2 cm³/mol. The molecule has 3 heteroatoms. The van der Waals surface area contributed by atoms with Gasteiger partial charge in [-0.05, 0) is 40.9 Å². The third kappa shape index (κ3) is 2.51. The van der Waals surface area contributed by atoms with Gasteiger partial charge in [0.25, 0.3) is 0 Å². The van der Waals surface area contributed by atoms with Gasteiger partial charge in [-0.25, -0.2) is 0 Å². The lowest BCUT2D eigenvalue weighted by Gasteiger charge is -2.21. The van der Waals surface area contributed by atoms with E-state index in [1.54, 1.807) is 6.20 Å². The van der Waals surface area contributed by atoms with Crippen LogP contribution >= 0.6 is 15.9 Å². The van der Waals surface area contributed by atoms with E-state index in [0.29, 0.717) is 12.2 Å². The molecule has 1 fully saturated rings. The number of pyridine rings is 1. The number of carbonyl (C=O) groups is 1. The summed E-state index contributed by atoms with van der Waals surface area (Å²) in [6.07, 6.45) is 6.69. The molecule has 0 saturated heterocycles. The van der Waals surface area contributed by atoms with Crippen LogP contribution in [-0.4, -0.2) is 10.8 Å². The standard InChI is InChI=1S/C13H16BrNO/c1-13(6-2-3-7-13)12(16)8-11-5-4-10(14)9-15-11/h4-5,9H,2-3,6-8H2,1H3. The molecule has 0 unspecified atom stereocenters. The second-order valence-corrected chi connectivity index (χ2v) is 5.75. The van der Waals surface area contributed by atoms with Crippen LogP contribution in [0.1, 0.15) is 38.3 Å². The predicted octanol–water partition coefficient (Wildman–Crippen LogP) is 3.54. The Balaban J connectivity index is 2.04. The summed E-state index contributed by atoms with van der Waals surface area (Å²) in [6, 6.07) is 3.85. The Hall–Kier alpha value is -0.700. The van der Waals surface area contributed by atoms with Gasteiger partial charge in [0.15, 0.2) is 0 Å². The molecule has 0 aliphatic heterocycles. The van der Waals surface area contributed by atoms with Gasteiger partial charge in [0.1, 0.15) is 5.78 Å². The quantitative estimate of drug-likeness (QED) is 0.848. The Morgan fingerprint density at radius 1 is 1.44 bits per heavy atom. The zero-order valence-corrected chi connectivity index (χ0v) is 11.1. The van der Waals surface area contributed by atoms with Crippen molar-refractivity contribution in [2.24, 2.45) is 5.41 Å². The zero-order valence-electron chi connectivity index (χ0n) is 9.50. The van der Waals surface area contributed by atoms with E-state index in [9.17, 15) is 4.79 Å². The van der Waals surface area contributed by atoms with E-state index in [2.05, 4.69) is 27.8 Å². The molecule has 2 rings (SSSR count). The summed E-state index contributed by atoms with van der Waals surface area (Å²) in [5, 5.41) is 0. The van der Waals surface area contributed by atoms with Gasteiger partial charge in [0.2, 0.25) is 0 Å². The Morgan fingerprint density at radius 3 is 2.69 bits per heavy atom. The number of nitrogens with zero attached hydrogens (tertiary/aromatic N) is 1. The molecule has 0 spiro atoms. The summed E-state index contributed by atoms with van der Waals surface area (Å²) in [4.78, 5) is 16.4.